The highest BCUT2D eigenvalue weighted by Crippen LogP contribution is 2.25. The molecule has 1 aliphatic rings. The van der Waals surface area contributed by atoms with Crippen LogP contribution in [0.1, 0.15) is 21.6 Å². The highest BCUT2D eigenvalue weighted by Gasteiger charge is 2.22. The highest BCUT2D eigenvalue weighted by atomic mass is 16.4. The number of aromatic nitrogens is 2. The predicted molar refractivity (Wildman–Crippen MR) is 57.9 cm³/mol. The number of carboxylic acid groups (broad SMARTS) is 1. The first-order valence-electron chi connectivity index (χ1n) is 5.16. The molecular formula is C12H10N2O2. The number of aryl methyl sites for hydroxylation is 1. The smallest absolute Gasteiger partial charge is 0.339 e. The van der Waals surface area contributed by atoms with Gasteiger partial charge < -0.3 is 5.11 Å². The van der Waals surface area contributed by atoms with Crippen LogP contribution in [0.25, 0.3) is 5.69 Å². The molecule has 0 saturated carbocycles. The molecule has 0 fully saturated rings. The quantitative estimate of drug-likeness (QED) is 0.785. The maximum atomic E-state index is 11.0. The van der Waals surface area contributed by atoms with Gasteiger partial charge in [-0.15, -0.1) is 0 Å². The maximum Gasteiger partial charge on any atom is 0.339 e. The molecule has 16 heavy (non-hydrogen) atoms. The number of benzene rings is 1. The van der Waals surface area contributed by atoms with E-state index in [0.29, 0.717) is 5.56 Å². The molecule has 3 rings (SSSR count). The fraction of sp³-hybridized carbons (Fsp3) is 0.167. The fourth-order valence-corrected chi connectivity index (χ4v) is 2.18. The van der Waals surface area contributed by atoms with Crippen molar-refractivity contribution in [1.82, 2.24) is 9.78 Å². The van der Waals surface area contributed by atoms with Crippen molar-refractivity contribution < 1.29 is 9.90 Å². The third kappa shape index (κ3) is 1.16. The number of fused-ring (bicyclic) bond motifs is 3. The Morgan fingerprint density at radius 1 is 1.31 bits per heavy atom. The third-order valence-electron chi connectivity index (χ3n) is 2.95. The summed E-state index contributed by atoms with van der Waals surface area (Å²) in [6, 6.07) is 7.96. The molecule has 0 radical (unpaired) electrons. The van der Waals surface area contributed by atoms with Crippen LogP contribution >= 0.6 is 0 Å². The molecule has 0 atom stereocenters. The fourth-order valence-electron chi connectivity index (χ4n) is 2.18. The number of para-hydroxylation sites is 1. The largest absolute Gasteiger partial charge is 0.478 e. The molecule has 0 amide bonds. The highest BCUT2D eigenvalue weighted by molar-refractivity contribution is 5.89. The number of rotatable bonds is 1. The van der Waals surface area contributed by atoms with Crippen LogP contribution in [0.2, 0.25) is 0 Å². The molecule has 2 aromatic rings. The summed E-state index contributed by atoms with van der Waals surface area (Å²) in [5, 5.41) is 13.2. The van der Waals surface area contributed by atoms with E-state index in [1.54, 1.807) is 4.68 Å². The molecular weight excluding hydrogens is 204 g/mol. The van der Waals surface area contributed by atoms with Crippen LogP contribution in [0.15, 0.2) is 30.5 Å². The second-order valence-electron chi connectivity index (χ2n) is 3.85. The van der Waals surface area contributed by atoms with E-state index in [1.165, 1.54) is 11.8 Å². The standard InChI is InChI=1S/C12H10N2O2/c15-12(16)9-7-13-14-10-4-2-1-3-8(10)5-6-11(9)14/h1-4,7H,5-6H2,(H,15,16). The average molecular weight is 214 g/mol. The molecule has 1 aromatic heterocycles. The van der Waals surface area contributed by atoms with Crippen molar-refractivity contribution in [2.24, 2.45) is 0 Å². The van der Waals surface area contributed by atoms with Gasteiger partial charge in [0.05, 0.1) is 17.6 Å². The lowest BCUT2D eigenvalue weighted by Gasteiger charge is -2.18. The Morgan fingerprint density at radius 2 is 2.12 bits per heavy atom. The molecule has 1 N–H and O–H groups in total. The second kappa shape index (κ2) is 3.20. The Balaban J connectivity index is 2.23. The average Bonchev–Trinajstić information content (AvgIpc) is 2.73. The van der Waals surface area contributed by atoms with E-state index in [1.807, 2.05) is 18.2 Å². The minimum absolute atomic E-state index is 0.314. The zero-order valence-corrected chi connectivity index (χ0v) is 8.55. The predicted octanol–water partition coefficient (Wildman–Crippen LogP) is 1.67. The van der Waals surface area contributed by atoms with Crippen LogP contribution < -0.4 is 0 Å². The number of nitrogens with zero attached hydrogens (tertiary/aromatic N) is 2. The zero-order valence-electron chi connectivity index (χ0n) is 8.55. The summed E-state index contributed by atoms with van der Waals surface area (Å²) in [6.07, 6.45) is 3.04. The summed E-state index contributed by atoms with van der Waals surface area (Å²) in [6.45, 7) is 0. The lowest BCUT2D eigenvalue weighted by Crippen LogP contribution is -2.14. The maximum absolute atomic E-state index is 11.0. The Labute approximate surface area is 92.1 Å². The lowest BCUT2D eigenvalue weighted by molar-refractivity contribution is 0.0695. The molecule has 1 aromatic carbocycles. The van der Waals surface area contributed by atoms with Crippen LogP contribution in [-0.2, 0) is 12.8 Å². The van der Waals surface area contributed by atoms with Crippen LogP contribution in [-0.4, -0.2) is 20.9 Å². The Hall–Kier alpha value is -2.10. The zero-order chi connectivity index (χ0) is 11.1. The molecule has 0 spiro atoms. The van der Waals surface area contributed by atoms with Crippen molar-refractivity contribution in [3.8, 4) is 5.69 Å². The number of hydrogen-bond donors (Lipinski definition) is 1. The van der Waals surface area contributed by atoms with Gasteiger partial charge in [-0.25, -0.2) is 9.48 Å². The second-order valence-corrected chi connectivity index (χ2v) is 3.85. The lowest BCUT2D eigenvalue weighted by atomic mass is 10.0. The first-order valence-corrected chi connectivity index (χ1v) is 5.16. The number of carbonyl (C=O) groups is 1. The van der Waals surface area contributed by atoms with Crippen molar-refractivity contribution >= 4 is 5.97 Å². The van der Waals surface area contributed by atoms with E-state index in [2.05, 4.69) is 11.2 Å². The van der Waals surface area contributed by atoms with Crippen LogP contribution in [0.4, 0.5) is 0 Å². The SMILES string of the molecule is O=C(O)c1cnn2c1CCc1ccccc1-2. The summed E-state index contributed by atoms with van der Waals surface area (Å²) in [4.78, 5) is 11.0. The third-order valence-corrected chi connectivity index (χ3v) is 2.95. The number of aromatic carboxylic acids is 1. The molecule has 80 valence electrons. The van der Waals surface area contributed by atoms with Crippen LogP contribution in [0, 0.1) is 0 Å². The van der Waals surface area contributed by atoms with Crippen molar-refractivity contribution in [3.63, 3.8) is 0 Å². The number of carboxylic acids is 1. The van der Waals surface area contributed by atoms with Gasteiger partial charge in [0.15, 0.2) is 0 Å². The van der Waals surface area contributed by atoms with Gasteiger partial charge in [-0.3, -0.25) is 0 Å². The normalized spacial score (nSPS) is 13.0. The summed E-state index contributed by atoms with van der Waals surface area (Å²) >= 11 is 0. The van der Waals surface area contributed by atoms with E-state index in [0.717, 1.165) is 24.2 Å². The van der Waals surface area contributed by atoms with Crippen molar-refractivity contribution in [2.45, 2.75) is 12.8 Å². The molecule has 4 nitrogen and oxygen atoms in total. The van der Waals surface area contributed by atoms with Crippen molar-refractivity contribution in [2.75, 3.05) is 0 Å². The van der Waals surface area contributed by atoms with E-state index in [-0.39, 0.29) is 0 Å². The van der Waals surface area contributed by atoms with Gasteiger partial charge in [0.2, 0.25) is 0 Å². The van der Waals surface area contributed by atoms with E-state index >= 15 is 0 Å². The van der Waals surface area contributed by atoms with E-state index in [4.69, 9.17) is 5.11 Å². The summed E-state index contributed by atoms with van der Waals surface area (Å²) in [7, 11) is 0. The van der Waals surface area contributed by atoms with Gasteiger partial charge in [0.25, 0.3) is 0 Å². The van der Waals surface area contributed by atoms with Crippen LogP contribution in [0.3, 0.4) is 0 Å². The van der Waals surface area contributed by atoms with Gasteiger partial charge in [0, 0.05) is 0 Å². The van der Waals surface area contributed by atoms with Crippen LogP contribution in [0.5, 0.6) is 0 Å². The van der Waals surface area contributed by atoms with Crippen molar-refractivity contribution in [1.29, 1.82) is 0 Å². The molecule has 0 bridgehead atoms. The monoisotopic (exact) mass is 214 g/mol. The summed E-state index contributed by atoms with van der Waals surface area (Å²) < 4.78 is 1.74. The minimum Gasteiger partial charge on any atom is -0.478 e. The van der Waals surface area contributed by atoms with Gasteiger partial charge in [-0.1, -0.05) is 18.2 Å². The van der Waals surface area contributed by atoms with Gasteiger partial charge >= 0.3 is 5.97 Å². The first-order chi connectivity index (χ1) is 7.77. The molecule has 0 unspecified atom stereocenters. The Morgan fingerprint density at radius 3 is 2.94 bits per heavy atom. The molecule has 0 saturated heterocycles. The summed E-state index contributed by atoms with van der Waals surface area (Å²) in [5.74, 6) is -0.902. The van der Waals surface area contributed by atoms with Gasteiger partial charge in [0.1, 0.15) is 5.56 Å². The molecule has 1 aliphatic heterocycles. The topological polar surface area (TPSA) is 55.1 Å². The van der Waals surface area contributed by atoms with E-state index in [9.17, 15) is 4.79 Å². The molecule has 0 aliphatic carbocycles. The minimum atomic E-state index is -0.902. The Kier molecular flexibility index (Phi) is 1.83. The summed E-state index contributed by atoms with van der Waals surface area (Å²) in [5.41, 5.74) is 3.33. The molecule has 4 heteroatoms. The van der Waals surface area contributed by atoms with Gasteiger partial charge in [-0.2, -0.15) is 5.10 Å². The molecule has 2 heterocycles. The first kappa shape index (κ1) is 9.15. The Bertz CT molecular complexity index is 572. The van der Waals surface area contributed by atoms with E-state index < -0.39 is 5.97 Å². The van der Waals surface area contributed by atoms with Gasteiger partial charge in [-0.05, 0) is 24.5 Å². The number of hydrogen-bond acceptors (Lipinski definition) is 2. The van der Waals surface area contributed by atoms with Crippen molar-refractivity contribution in [3.05, 3.63) is 47.3 Å².